The van der Waals surface area contributed by atoms with Crippen LogP contribution in [0.1, 0.15) is 44.9 Å². The van der Waals surface area contributed by atoms with Gasteiger partial charge in [-0.3, -0.25) is 14.6 Å². The first-order valence-electron chi connectivity index (χ1n) is 10.9. The zero-order valence-corrected chi connectivity index (χ0v) is 18.9. The molecule has 0 radical (unpaired) electrons. The molecule has 160 valence electrons. The fourth-order valence-electron chi connectivity index (χ4n) is 4.23. The molecule has 2 aromatic rings. The Bertz CT molecular complexity index is 872. The van der Waals surface area contributed by atoms with Gasteiger partial charge < -0.3 is 10.2 Å². The molecule has 3 heterocycles. The third-order valence-corrected chi connectivity index (χ3v) is 9.06. The predicted octanol–water partition coefficient (Wildman–Crippen LogP) is 5.13. The number of hydrogen-bond donors (Lipinski definition) is 1. The molecule has 0 spiro atoms. The van der Waals surface area contributed by atoms with E-state index in [-0.39, 0.29) is 17.7 Å². The number of unbranched alkanes of at least 4 members (excludes halogenated alkanes) is 1. The molecule has 1 aromatic carbocycles. The molecule has 5 nitrogen and oxygen atoms in total. The number of anilines is 1. The molecular weight excluding hydrogens is 414 g/mol. The van der Waals surface area contributed by atoms with Crippen LogP contribution in [0.15, 0.2) is 36.7 Å². The van der Waals surface area contributed by atoms with Crippen LogP contribution in [0.25, 0.3) is 10.8 Å². The Morgan fingerprint density at radius 1 is 1.13 bits per heavy atom. The lowest BCUT2D eigenvalue weighted by molar-refractivity contribution is -0.134. The first kappa shape index (κ1) is 21.5. The van der Waals surface area contributed by atoms with Crippen molar-refractivity contribution in [3.63, 3.8) is 0 Å². The van der Waals surface area contributed by atoms with Crippen molar-refractivity contribution >= 4 is 49.9 Å². The van der Waals surface area contributed by atoms with E-state index in [0.29, 0.717) is 19.5 Å². The van der Waals surface area contributed by atoms with Crippen LogP contribution in [0.4, 0.5) is 5.69 Å². The maximum absolute atomic E-state index is 12.8. The van der Waals surface area contributed by atoms with Crippen LogP contribution in [0.5, 0.6) is 0 Å². The van der Waals surface area contributed by atoms with Crippen molar-refractivity contribution < 1.29 is 9.59 Å². The Balaban J connectivity index is 1.21. The van der Waals surface area contributed by atoms with E-state index in [1.807, 2.05) is 50.8 Å². The third kappa shape index (κ3) is 5.49. The van der Waals surface area contributed by atoms with Gasteiger partial charge in [-0.15, -0.1) is 0 Å². The number of rotatable bonds is 7. The molecule has 30 heavy (non-hydrogen) atoms. The minimum Gasteiger partial charge on any atom is -0.343 e. The van der Waals surface area contributed by atoms with Gasteiger partial charge in [-0.1, -0.05) is 40.1 Å². The standard InChI is InChI=1S/C23H29N3O2S2/c27-22(7-2-1-5-19-11-15-29-30-19)26-13-9-17(10-14-26)23(28)25-21-6-3-4-18-16-24-12-8-20(18)21/h3-4,6,8,12,16-17,19H,1-2,5,7,9-11,13-15H2,(H,25,28). The maximum atomic E-state index is 12.8. The molecule has 1 unspecified atom stereocenters. The van der Waals surface area contributed by atoms with E-state index >= 15 is 0 Å². The van der Waals surface area contributed by atoms with E-state index in [1.165, 1.54) is 18.6 Å². The van der Waals surface area contributed by atoms with Crippen molar-refractivity contribution in [3.8, 4) is 0 Å². The summed E-state index contributed by atoms with van der Waals surface area (Å²) in [5.74, 6) is 1.54. The van der Waals surface area contributed by atoms with E-state index in [2.05, 4.69) is 10.3 Å². The fourth-order valence-corrected chi connectivity index (χ4v) is 7.26. The summed E-state index contributed by atoms with van der Waals surface area (Å²) in [4.78, 5) is 31.4. The second kappa shape index (κ2) is 10.5. The van der Waals surface area contributed by atoms with Crippen LogP contribution in [-0.2, 0) is 9.59 Å². The zero-order chi connectivity index (χ0) is 20.8. The van der Waals surface area contributed by atoms with Gasteiger partial charge in [0.1, 0.15) is 0 Å². The molecule has 1 N–H and O–H groups in total. The smallest absolute Gasteiger partial charge is 0.227 e. The van der Waals surface area contributed by atoms with Gasteiger partial charge in [0.25, 0.3) is 0 Å². The van der Waals surface area contributed by atoms with Crippen molar-refractivity contribution in [2.75, 3.05) is 24.2 Å². The number of fused-ring (bicyclic) bond motifs is 1. The summed E-state index contributed by atoms with van der Waals surface area (Å²) in [5.41, 5.74) is 0.831. The average Bonchev–Trinajstić information content (AvgIpc) is 3.30. The molecule has 0 saturated carbocycles. The lowest BCUT2D eigenvalue weighted by atomic mass is 9.95. The molecular formula is C23H29N3O2S2. The van der Waals surface area contributed by atoms with E-state index in [9.17, 15) is 9.59 Å². The molecule has 2 aliphatic rings. The van der Waals surface area contributed by atoms with E-state index in [4.69, 9.17) is 0 Å². The summed E-state index contributed by atoms with van der Waals surface area (Å²) in [6, 6.07) is 7.79. The van der Waals surface area contributed by atoms with Crippen LogP contribution in [0, 0.1) is 5.92 Å². The quantitative estimate of drug-likeness (QED) is 0.475. The number of carbonyl (C=O) groups excluding carboxylic acids is 2. The van der Waals surface area contributed by atoms with Gasteiger partial charge >= 0.3 is 0 Å². The van der Waals surface area contributed by atoms with Crippen molar-refractivity contribution in [2.24, 2.45) is 5.92 Å². The Labute approximate surface area is 186 Å². The van der Waals surface area contributed by atoms with Crippen LogP contribution in [0.3, 0.4) is 0 Å². The van der Waals surface area contributed by atoms with Gasteiger partial charge in [0.15, 0.2) is 0 Å². The number of amides is 2. The summed E-state index contributed by atoms with van der Waals surface area (Å²) in [5, 5.41) is 5.90. The average molecular weight is 444 g/mol. The van der Waals surface area contributed by atoms with Crippen molar-refractivity contribution in [1.29, 1.82) is 0 Å². The minimum atomic E-state index is -0.0389. The molecule has 2 saturated heterocycles. The van der Waals surface area contributed by atoms with E-state index in [0.717, 1.165) is 47.4 Å². The van der Waals surface area contributed by atoms with E-state index in [1.54, 1.807) is 12.4 Å². The largest absolute Gasteiger partial charge is 0.343 e. The normalized spacial score (nSPS) is 19.9. The molecule has 7 heteroatoms. The third-order valence-electron chi connectivity index (χ3n) is 6.05. The highest BCUT2D eigenvalue weighted by atomic mass is 33.1. The summed E-state index contributed by atoms with van der Waals surface area (Å²) in [7, 11) is 3.99. The van der Waals surface area contributed by atoms with Crippen LogP contribution >= 0.6 is 21.6 Å². The molecule has 2 amide bonds. The molecule has 4 rings (SSSR count). The second-order valence-corrected chi connectivity index (χ2v) is 10.9. The molecule has 1 atom stereocenters. The van der Waals surface area contributed by atoms with Gasteiger partial charge in [0, 0.05) is 65.3 Å². The summed E-state index contributed by atoms with van der Waals surface area (Å²) in [6.45, 7) is 1.37. The van der Waals surface area contributed by atoms with Gasteiger partial charge in [0.05, 0.1) is 0 Å². The Morgan fingerprint density at radius 2 is 2.00 bits per heavy atom. The number of nitrogens with zero attached hydrogens (tertiary/aromatic N) is 2. The van der Waals surface area contributed by atoms with Crippen molar-refractivity contribution in [3.05, 3.63) is 36.7 Å². The Kier molecular flexibility index (Phi) is 7.55. The molecule has 1 aromatic heterocycles. The highest BCUT2D eigenvalue weighted by Gasteiger charge is 2.27. The summed E-state index contributed by atoms with van der Waals surface area (Å²) >= 11 is 0. The number of nitrogens with one attached hydrogen (secondary N) is 1. The van der Waals surface area contributed by atoms with Crippen molar-refractivity contribution in [1.82, 2.24) is 9.88 Å². The summed E-state index contributed by atoms with van der Waals surface area (Å²) in [6.07, 6.45) is 10.3. The molecule has 0 aliphatic carbocycles. The Hall–Kier alpha value is -1.73. The lowest BCUT2D eigenvalue weighted by Crippen LogP contribution is -2.41. The lowest BCUT2D eigenvalue weighted by Gasteiger charge is -2.31. The molecule has 0 bridgehead atoms. The first-order chi connectivity index (χ1) is 14.7. The van der Waals surface area contributed by atoms with Gasteiger partial charge in [0.2, 0.25) is 11.8 Å². The molecule has 2 aliphatic heterocycles. The second-order valence-electron chi connectivity index (χ2n) is 8.12. The van der Waals surface area contributed by atoms with Gasteiger partial charge in [-0.2, -0.15) is 0 Å². The number of likely N-dealkylation sites (tertiary alicyclic amines) is 1. The van der Waals surface area contributed by atoms with Crippen molar-refractivity contribution in [2.45, 2.75) is 50.2 Å². The number of piperidine rings is 1. The predicted molar refractivity (Wildman–Crippen MR) is 127 cm³/mol. The topological polar surface area (TPSA) is 62.3 Å². The van der Waals surface area contributed by atoms with E-state index < -0.39 is 0 Å². The highest BCUT2D eigenvalue weighted by molar-refractivity contribution is 8.77. The number of pyridine rings is 1. The van der Waals surface area contributed by atoms with Crippen LogP contribution in [0.2, 0.25) is 0 Å². The van der Waals surface area contributed by atoms with Crippen LogP contribution in [-0.4, -0.2) is 45.8 Å². The molecule has 2 fully saturated rings. The maximum Gasteiger partial charge on any atom is 0.227 e. The zero-order valence-electron chi connectivity index (χ0n) is 17.2. The van der Waals surface area contributed by atoms with Crippen LogP contribution < -0.4 is 5.32 Å². The SMILES string of the molecule is O=C(Nc1cccc2cnccc12)C1CCN(C(=O)CCCCC2CCSS2)CC1. The monoisotopic (exact) mass is 443 g/mol. The minimum absolute atomic E-state index is 0.0389. The Morgan fingerprint density at radius 3 is 2.80 bits per heavy atom. The number of hydrogen-bond acceptors (Lipinski definition) is 5. The van der Waals surface area contributed by atoms with Gasteiger partial charge in [-0.05, 0) is 44.2 Å². The van der Waals surface area contributed by atoms with Gasteiger partial charge in [-0.25, -0.2) is 0 Å². The fraction of sp³-hybridized carbons (Fsp3) is 0.522. The highest BCUT2D eigenvalue weighted by Crippen LogP contribution is 2.40. The number of benzene rings is 1. The number of carbonyl (C=O) groups is 2. The number of aromatic nitrogens is 1. The first-order valence-corrected chi connectivity index (χ1v) is 13.3. The summed E-state index contributed by atoms with van der Waals surface area (Å²) < 4.78 is 0.